The number of nitrogens with one attached hydrogen (secondary N) is 2. The van der Waals surface area contributed by atoms with Gasteiger partial charge >= 0.3 is 0 Å². The number of morpholine rings is 1. The first kappa shape index (κ1) is 8.88. The van der Waals surface area contributed by atoms with Crippen LogP contribution in [-0.2, 0) is 4.74 Å². The normalized spacial score (nSPS) is 22.0. The molecule has 1 saturated heterocycles. The van der Waals surface area contributed by atoms with Crippen LogP contribution in [-0.4, -0.2) is 29.7 Å². The van der Waals surface area contributed by atoms with Crippen molar-refractivity contribution in [1.29, 1.82) is 0 Å². The van der Waals surface area contributed by atoms with Gasteiger partial charge in [-0.25, -0.2) is 4.98 Å². The molecule has 4 nitrogen and oxygen atoms in total. The summed E-state index contributed by atoms with van der Waals surface area (Å²) in [7, 11) is 0. The smallest absolute Gasteiger partial charge is 0.137 e. The van der Waals surface area contributed by atoms with Crippen LogP contribution in [0.15, 0.2) is 24.5 Å². The first-order valence-electron chi connectivity index (χ1n) is 5.19. The van der Waals surface area contributed by atoms with E-state index in [9.17, 15) is 0 Å². The van der Waals surface area contributed by atoms with Crippen LogP contribution in [0, 0.1) is 0 Å². The van der Waals surface area contributed by atoms with E-state index >= 15 is 0 Å². The minimum absolute atomic E-state index is 0.150. The average molecular weight is 203 g/mol. The van der Waals surface area contributed by atoms with Crippen molar-refractivity contribution in [2.75, 3.05) is 19.7 Å². The molecule has 0 spiro atoms. The number of aromatic amines is 1. The zero-order chi connectivity index (χ0) is 10.1. The van der Waals surface area contributed by atoms with Crippen LogP contribution in [0.1, 0.15) is 11.7 Å². The number of aromatic nitrogens is 2. The monoisotopic (exact) mass is 203 g/mol. The lowest BCUT2D eigenvalue weighted by Gasteiger charge is -2.23. The summed E-state index contributed by atoms with van der Waals surface area (Å²) in [5.74, 6) is 0. The largest absolute Gasteiger partial charge is 0.371 e. The maximum Gasteiger partial charge on any atom is 0.137 e. The van der Waals surface area contributed by atoms with Gasteiger partial charge in [0.05, 0.1) is 12.7 Å². The van der Waals surface area contributed by atoms with Gasteiger partial charge in [0.15, 0.2) is 0 Å². The van der Waals surface area contributed by atoms with E-state index in [1.165, 1.54) is 5.56 Å². The summed E-state index contributed by atoms with van der Waals surface area (Å²) < 4.78 is 5.72. The van der Waals surface area contributed by atoms with E-state index in [1.54, 1.807) is 6.20 Å². The van der Waals surface area contributed by atoms with Crippen LogP contribution in [0.25, 0.3) is 11.0 Å². The van der Waals surface area contributed by atoms with E-state index in [1.807, 2.05) is 12.3 Å². The Hall–Kier alpha value is -1.39. The van der Waals surface area contributed by atoms with Crippen molar-refractivity contribution in [3.63, 3.8) is 0 Å². The molecule has 4 heteroatoms. The van der Waals surface area contributed by atoms with Gasteiger partial charge in [-0.05, 0) is 12.1 Å². The van der Waals surface area contributed by atoms with Crippen molar-refractivity contribution in [1.82, 2.24) is 15.3 Å². The molecule has 0 saturated carbocycles. The quantitative estimate of drug-likeness (QED) is 0.732. The minimum Gasteiger partial charge on any atom is -0.371 e. The van der Waals surface area contributed by atoms with Gasteiger partial charge < -0.3 is 15.0 Å². The number of nitrogens with zero attached hydrogens (tertiary/aromatic N) is 1. The van der Waals surface area contributed by atoms with E-state index in [0.717, 1.165) is 30.7 Å². The van der Waals surface area contributed by atoms with Crippen molar-refractivity contribution in [3.8, 4) is 0 Å². The van der Waals surface area contributed by atoms with Crippen molar-refractivity contribution in [2.24, 2.45) is 0 Å². The summed E-state index contributed by atoms with van der Waals surface area (Å²) in [4.78, 5) is 7.43. The van der Waals surface area contributed by atoms with Crippen LogP contribution in [0.3, 0.4) is 0 Å². The van der Waals surface area contributed by atoms with Crippen LogP contribution in [0.5, 0.6) is 0 Å². The molecule has 0 radical (unpaired) electrons. The lowest BCUT2D eigenvalue weighted by atomic mass is 10.1. The molecule has 0 aromatic carbocycles. The molecule has 0 aliphatic carbocycles. The highest BCUT2D eigenvalue weighted by Crippen LogP contribution is 2.25. The summed E-state index contributed by atoms with van der Waals surface area (Å²) in [6.45, 7) is 2.59. The number of ether oxygens (including phenoxy) is 1. The van der Waals surface area contributed by atoms with E-state index in [2.05, 4.69) is 21.4 Å². The third-order valence-electron chi connectivity index (χ3n) is 2.76. The van der Waals surface area contributed by atoms with Gasteiger partial charge in [-0.2, -0.15) is 0 Å². The third kappa shape index (κ3) is 1.52. The highest BCUT2D eigenvalue weighted by Gasteiger charge is 2.18. The summed E-state index contributed by atoms with van der Waals surface area (Å²) in [6, 6.07) is 4.03. The highest BCUT2D eigenvalue weighted by molar-refractivity contribution is 5.79. The molecule has 2 aromatic rings. The molecule has 0 unspecified atom stereocenters. The molecule has 0 bridgehead atoms. The number of pyridine rings is 1. The average Bonchev–Trinajstić information content (AvgIpc) is 2.74. The fraction of sp³-hybridized carbons (Fsp3) is 0.364. The van der Waals surface area contributed by atoms with E-state index in [0.29, 0.717) is 0 Å². The minimum atomic E-state index is 0.150. The van der Waals surface area contributed by atoms with Crippen LogP contribution >= 0.6 is 0 Å². The molecule has 0 amide bonds. The molecule has 3 rings (SSSR count). The third-order valence-corrected chi connectivity index (χ3v) is 2.76. The second-order valence-corrected chi connectivity index (χ2v) is 3.71. The molecule has 1 atom stereocenters. The topological polar surface area (TPSA) is 49.9 Å². The Kier molecular flexibility index (Phi) is 2.16. The Balaban J connectivity index is 2.02. The Bertz CT molecular complexity index is 460. The standard InChI is InChI=1S/C11H13N3O/c1-2-8-9(6-14-11(8)13-3-1)10-7-12-4-5-15-10/h1-3,6,10,12H,4-5,7H2,(H,13,14)/t10-/m0/s1. The number of rotatable bonds is 1. The van der Waals surface area contributed by atoms with E-state index < -0.39 is 0 Å². The molecule has 3 heterocycles. The number of H-pyrrole nitrogens is 1. The summed E-state index contributed by atoms with van der Waals surface area (Å²) in [5, 5.41) is 4.49. The van der Waals surface area contributed by atoms with Gasteiger partial charge in [-0.1, -0.05) is 0 Å². The molecule has 2 N–H and O–H groups in total. The fourth-order valence-electron chi connectivity index (χ4n) is 2.01. The zero-order valence-electron chi connectivity index (χ0n) is 8.36. The first-order chi connectivity index (χ1) is 7.45. The Morgan fingerprint density at radius 2 is 2.47 bits per heavy atom. The molecule has 1 aliphatic heterocycles. The van der Waals surface area contributed by atoms with Gasteiger partial charge in [0.2, 0.25) is 0 Å². The number of fused-ring (bicyclic) bond motifs is 1. The molecule has 1 aliphatic rings. The van der Waals surface area contributed by atoms with Gasteiger partial charge in [0, 0.05) is 36.4 Å². The fourth-order valence-corrected chi connectivity index (χ4v) is 2.01. The van der Waals surface area contributed by atoms with Gasteiger partial charge in [-0.15, -0.1) is 0 Å². The highest BCUT2D eigenvalue weighted by atomic mass is 16.5. The Morgan fingerprint density at radius 1 is 1.47 bits per heavy atom. The van der Waals surface area contributed by atoms with Gasteiger partial charge in [-0.3, -0.25) is 0 Å². The van der Waals surface area contributed by atoms with Crippen molar-refractivity contribution in [3.05, 3.63) is 30.1 Å². The maximum absolute atomic E-state index is 5.72. The van der Waals surface area contributed by atoms with E-state index in [4.69, 9.17) is 4.74 Å². The Labute approximate surface area is 87.7 Å². The zero-order valence-corrected chi connectivity index (χ0v) is 8.36. The lowest BCUT2D eigenvalue weighted by molar-refractivity contribution is 0.0286. The second kappa shape index (κ2) is 3.64. The molecule has 1 fully saturated rings. The molecular formula is C11H13N3O. The summed E-state index contributed by atoms with van der Waals surface area (Å²) in [5.41, 5.74) is 2.13. The second-order valence-electron chi connectivity index (χ2n) is 3.71. The lowest BCUT2D eigenvalue weighted by Crippen LogP contribution is -2.33. The molecule has 2 aromatic heterocycles. The Morgan fingerprint density at radius 3 is 3.33 bits per heavy atom. The van der Waals surface area contributed by atoms with Crippen molar-refractivity contribution in [2.45, 2.75) is 6.10 Å². The summed E-state index contributed by atoms with van der Waals surface area (Å²) in [6.07, 6.45) is 3.94. The number of hydrogen-bond donors (Lipinski definition) is 2. The van der Waals surface area contributed by atoms with Crippen LogP contribution < -0.4 is 5.32 Å². The predicted octanol–water partition coefficient (Wildman–Crippen LogP) is 1.22. The molecule has 15 heavy (non-hydrogen) atoms. The number of hydrogen-bond acceptors (Lipinski definition) is 3. The first-order valence-corrected chi connectivity index (χ1v) is 5.19. The van der Waals surface area contributed by atoms with Gasteiger partial charge in [0.1, 0.15) is 5.65 Å². The van der Waals surface area contributed by atoms with Crippen LogP contribution in [0.4, 0.5) is 0 Å². The van der Waals surface area contributed by atoms with Crippen molar-refractivity contribution < 1.29 is 4.74 Å². The van der Waals surface area contributed by atoms with Crippen LogP contribution in [0.2, 0.25) is 0 Å². The van der Waals surface area contributed by atoms with E-state index in [-0.39, 0.29) is 6.10 Å². The molecular weight excluding hydrogens is 190 g/mol. The predicted molar refractivity (Wildman–Crippen MR) is 57.7 cm³/mol. The molecule has 78 valence electrons. The van der Waals surface area contributed by atoms with Gasteiger partial charge in [0.25, 0.3) is 0 Å². The summed E-state index contributed by atoms with van der Waals surface area (Å²) >= 11 is 0. The maximum atomic E-state index is 5.72. The van der Waals surface area contributed by atoms with Crippen molar-refractivity contribution >= 4 is 11.0 Å². The SMILES string of the molecule is c1cnc2[nH]cc([C@@H]3CNCCO3)c2c1.